The molecule has 0 bridgehead atoms. The molecule has 3 rings (SSSR count). The van der Waals surface area contributed by atoms with Crippen molar-refractivity contribution < 1.29 is 33.3 Å². The molecule has 9 heteroatoms. The number of para-hydroxylation sites is 1. The largest absolute Gasteiger partial charge is 0.491 e. The zero-order valence-corrected chi connectivity index (χ0v) is 16.2. The van der Waals surface area contributed by atoms with Crippen molar-refractivity contribution in [1.29, 1.82) is 0 Å². The van der Waals surface area contributed by atoms with Gasteiger partial charge in [-0.1, -0.05) is 18.2 Å². The number of halogens is 2. The van der Waals surface area contributed by atoms with Gasteiger partial charge in [0.1, 0.15) is 30.1 Å². The van der Waals surface area contributed by atoms with E-state index < -0.39 is 42.0 Å². The molecule has 1 fully saturated rings. The number of aliphatic hydroxyl groups excluding tert-OH is 1. The predicted molar refractivity (Wildman–Crippen MR) is 104 cm³/mol. The number of amides is 1. The molecule has 0 aromatic heterocycles. The fourth-order valence-corrected chi connectivity index (χ4v) is 3.45. The van der Waals surface area contributed by atoms with Crippen molar-refractivity contribution >= 4 is 6.09 Å². The molecular weight excluding hydrogens is 398 g/mol. The molecule has 30 heavy (non-hydrogen) atoms. The number of hydrogen-bond acceptors (Lipinski definition) is 5. The van der Waals surface area contributed by atoms with Crippen LogP contribution in [0.5, 0.6) is 5.75 Å². The molecule has 4 N–H and O–H groups in total. The van der Waals surface area contributed by atoms with Crippen molar-refractivity contribution in [2.75, 3.05) is 19.8 Å². The second-order valence-corrected chi connectivity index (χ2v) is 7.22. The Morgan fingerprint density at radius 2 is 1.90 bits per heavy atom. The van der Waals surface area contributed by atoms with Crippen LogP contribution in [0, 0.1) is 11.6 Å². The van der Waals surface area contributed by atoms with Gasteiger partial charge in [0.25, 0.3) is 0 Å². The van der Waals surface area contributed by atoms with E-state index >= 15 is 0 Å². The number of aliphatic hydroxyl groups is 1. The number of carbonyl (C=O) groups is 1. The zero-order chi connectivity index (χ0) is 21.7. The van der Waals surface area contributed by atoms with Gasteiger partial charge < -0.3 is 25.4 Å². The van der Waals surface area contributed by atoms with Crippen LogP contribution in [0.2, 0.25) is 0 Å². The number of hydrogen-bond donors (Lipinski definition) is 3. The molecule has 162 valence electrons. The van der Waals surface area contributed by atoms with Crippen LogP contribution in [0.15, 0.2) is 48.5 Å². The van der Waals surface area contributed by atoms with E-state index in [1.807, 2.05) is 18.2 Å². The van der Waals surface area contributed by atoms with Crippen LogP contribution in [0.4, 0.5) is 13.6 Å². The molecule has 1 aliphatic heterocycles. The molecule has 1 amide bonds. The Hall–Kier alpha value is -2.75. The summed E-state index contributed by atoms with van der Waals surface area (Å²) in [4.78, 5) is 12.8. The number of rotatable bonds is 7. The third kappa shape index (κ3) is 5.65. The van der Waals surface area contributed by atoms with Crippen molar-refractivity contribution in [3.05, 3.63) is 65.7 Å². The van der Waals surface area contributed by atoms with Gasteiger partial charge in [0.05, 0.1) is 25.3 Å². The van der Waals surface area contributed by atoms with E-state index in [1.54, 1.807) is 12.1 Å². The maximum atomic E-state index is 13.4. The lowest BCUT2D eigenvalue weighted by Crippen LogP contribution is -2.61. The fourth-order valence-electron chi connectivity index (χ4n) is 3.45. The second kappa shape index (κ2) is 9.84. The standard InChI is InChI=1S/C21H24F2N2O5/c22-14-6-13(7-15(23)9-14)8-18(24)20(26)19-12-30-17(10-25(19)21(27)28)11-29-16-4-2-1-3-5-16/h1-7,9,17-20,26H,8,10-12,24H2,(H,27,28)/t17?,18-,19?,20-/m0/s1. The van der Waals surface area contributed by atoms with E-state index in [4.69, 9.17) is 15.2 Å². The van der Waals surface area contributed by atoms with Gasteiger partial charge in [0.15, 0.2) is 0 Å². The molecule has 1 saturated heterocycles. The van der Waals surface area contributed by atoms with Gasteiger partial charge in [-0.05, 0) is 36.2 Å². The van der Waals surface area contributed by atoms with E-state index in [0.717, 1.165) is 23.1 Å². The van der Waals surface area contributed by atoms with Gasteiger partial charge in [-0.2, -0.15) is 0 Å². The Morgan fingerprint density at radius 1 is 1.23 bits per heavy atom. The lowest BCUT2D eigenvalue weighted by atomic mass is 9.95. The first-order valence-electron chi connectivity index (χ1n) is 9.51. The second-order valence-electron chi connectivity index (χ2n) is 7.22. The lowest BCUT2D eigenvalue weighted by Gasteiger charge is -2.41. The molecule has 0 spiro atoms. The molecule has 1 heterocycles. The maximum Gasteiger partial charge on any atom is 0.407 e. The minimum Gasteiger partial charge on any atom is -0.491 e. The molecule has 0 radical (unpaired) electrons. The summed E-state index contributed by atoms with van der Waals surface area (Å²) in [6.45, 7) is 0.0535. The van der Waals surface area contributed by atoms with Crippen LogP contribution in [0.1, 0.15) is 5.56 Å². The van der Waals surface area contributed by atoms with Crippen LogP contribution < -0.4 is 10.5 Å². The van der Waals surface area contributed by atoms with Gasteiger partial charge in [-0.3, -0.25) is 4.90 Å². The summed E-state index contributed by atoms with van der Waals surface area (Å²) in [5.74, 6) is -0.864. The number of ether oxygens (including phenoxy) is 2. The van der Waals surface area contributed by atoms with Crippen LogP contribution in [0.25, 0.3) is 0 Å². The summed E-state index contributed by atoms with van der Waals surface area (Å²) < 4.78 is 38.1. The molecule has 1 aliphatic rings. The number of carboxylic acid groups (broad SMARTS) is 1. The van der Waals surface area contributed by atoms with Crippen LogP contribution in [-0.4, -0.2) is 65.3 Å². The van der Waals surface area contributed by atoms with E-state index in [9.17, 15) is 23.8 Å². The minimum absolute atomic E-state index is 0.00872. The number of nitrogens with zero attached hydrogens (tertiary/aromatic N) is 1. The SMILES string of the molecule is N[C@@H](Cc1cc(F)cc(F)c1)[C@H](O)C1COC(COc2ccccc2)CN1C(=O)O. The van der Waals surface area contributed by atoms with E-state index in [2.05, 4.69) is 0 Å². The van der Waals surface area contributed by atoms with Gasteiger partial charge in [-0.15, -0.1) is 0 Å². The molecular formula is C21H24F2N2O5. The van der Waals surface area contributed by atoms with Crippen molar-refractivity contribution in [2.24, 2.45) is 5.73 Å². The maximum absolute atomic E-state index is 13.4. The van der Waals surface area contributed by atoms with Crippen molar-refractivity contribution in [1.82, 2.24) is 4.90 Å². The first-order chi connectivity index (χ1) is 14.3. The number of nitrogens with two attached hydrogens (primary N) is 1. The zero-order valence-electron chi connectivity index (χ0n) is 16.2. The van der Waals surface area contributed by atoms with Gasteiger partial charge in [0.2, 0.25) is 0 Å². The topological polar surface area (TPSA) is 105 Å². The van der Waals surface area contributed by atoms with Gasteiger partial charge >= 0.3 is 6.09 Å². The molecule has 0 aliphatic carbocycles. The summed E-state index contributed by atoms with van der Waals surface area (Å²) in [7, 11) is 0. The Bertz CT molecular complexity index is 834. The lowest BCUT2D eigenvalue weighted by molar-refractivity contribution is -0.102. The molecule has 2 aromatic rings. The quantitative estimate of drug-likeness (QED) is 0.631. The van der Waals surface area contributed by atoms with Crippen molar-refractivity contribution in [3.63, 3.8) is 0 Å². The minimum atomic E-state index is -1.29. The summed E-state index contributed by atoms with van der Waals surface area (Å²) in [6, 6.07) is 10.2. The van der Waals surface area contributed by atoms with Crippen LogP contribution in [-0.2, 0) is 11.2 Å². The average molecular weight is 422 g/mol. The highest BCUT2D eigenvalue weighted by atomic mass is 19.1. The van der Waals surface area contributed by atoms with Crippen molar-refractivity contribution in [2.45, 2.75) is 30.7 Å². The van der Waals surface area contributed by atoms with Gasteiger partial charge in [0, 0.05) is 12.1 Å². The van der Waals surface area contributed by atoms with E-state index in [-0.39, 0.29) is 31.7 Å². The summed E-state index contributed by atoms with van der Waals surface area (Å²) in [5, 5.41) is 20.2. The Morgan fingerprint density at radius 3 is 2.53 bits per heavy atom. The number of benzene rings is 2. The summed E-state index contributed by atoms with van der Waals surface area (Å²) in [5.41, 5.74) is 6.29. The van der Waals surface area contributed by atoms with Crippen molar-refractivity contribution in [3.8, 4) is 5.75 Å². The predicted octanol–water partition coefficient (Wildman–Crippen LogP) is 2.02. The van der Waals surface area contributed by atoms with Crippen LogP contribution in [0.3, 0.4) is 0 Å². The highest BCUT2D eigenvalue weighted by Gasteiger charge is 2.39. The van der Waals surface area contributed by atoms with E-state index in [0.29, 0.717) is 5.75 Å². The summed E-state index contributed by atoms with van der Waals surface area (Å²) >= 11 is 0. The first kappa shape index (κ1) is 21.9. The molecule has 2 aromatic carbocycles. The average Bonchev–Trinajstić information content (AvgIpc) is 2.71. The number of morpholine rings is 1. The fraction of sp³-hybridized carbons (Fsp3) is 0.381. The van der Waals surface area contributed by atoms with Gasteiger partial charge in [-0.25, -0.2) is 13.6 Å². The highest BCUT2D eigenvalue weighted by molar-refractivity contribution is 5.65. The molecule has 7 nitrogen and oxygen atoms in total. The monoisotopic (exact) mass is 422 g/mol. The molecule has 2 unspecified atom stereocenters. The highest BCUT2D eigenvalue weighted by Crippen LogP contribution is 2.20. The first-order valence-corrected chi connectivity index (χ1v) is 9.51. The molecule has 0 saturated carbocycles. The normalized spacial score (nSPS) is 21.1. The Kier molecular flexibility index (Phi) is 7.20. The van der Waals surface area contributed by atoms with Crippen LogP contribution >= 0.6 is 0 Å². The summed E-state index contributed by atoms with van der Waals surface area (Å²) in [6.07, 6.45) is -3.06. The third-order valence-corrected chi connectivity index (χ3v) is 4.95. The Labute approximate surface area is 172 Å². The molecule has 4 atom stereocenters. The smallest absolute Gasteiger partial charge is 0.407 e. The third-order valence-electron chi connectivity index (χ3n) is 4.95. The Balaban J connectivity index is 1.61. The van der Waals surface area contributed by atoms with E-state index in [1.165, 1.54) is 0 Å².